The highest BCUT2D eigenvalue weighted by atomic mass is 79.9. The zero-order valence-corrected chi connectivity index (χ0v) is 7.84. The molecule has 0 saturated carbocycles. The molecule has 64 valence electrons. The van der Waals surface area contributed by atoms with E-state index in [0.717, 1.165) is 0 Å². The van der Waals surface area contributed by atoms with Gasteiger partial charge in [-0.2, -0.15) is 0 Å². The monoisotopic (exact) mass is 229 g/mol. The van der Waals surface area contributed by atoms with Gasteiger partial charge in [0.2, 0.25) is 5.91 Å². The fourth-order valence-electron chi connectivity index (χ4n) is 0.681. The Kier molecular flexibility index (Phi) is 3.19. The summed E-state index contributed by atoms with van der Waals surface area (Å²) >= 11 is 3.19. The number of halogens is 1. The van der Waals surface area contributed by atoms with Crippen LogP contribution >= 0.6 is 15.9 Å². The number of nitrogens with two attached hydrogens (primary N) is 1. The minimum absolute atomic E-state index is 0.0265. The number of nitrogens with zero attached hydrogens (tertiary/aromatic N) is 1. The third kappa shape index (κ3) is 2.28. The standard InChI is InChI=1S/C7H8BrN3O/c8-7-5(2-1-3-10-7)11-6(12)4-9/h1-3H,4,9H2,(H,11,12). The van der Waals surface area contributed by atoms with E-state index in [-0.39, 0.29) is 12.5 Å². The van der Waals surface area contributed by atoms with E-state index < -0.39 is 0 Å². The third-order valence-electron chi connectivity index (χ3n) is 1.22. The highest BCUT2D eigenvalue weighted by molar-refractivity contribution is 9.10. The SMILES string of the molecule is NCC(=O)Nc1cccnc1Br. The Morgan fingerprint density at radius 2 is 2.50 bits per heavy atom. The molecule has 1 heterocycles. The summed E-state index contributed by atoms with van der Waals surface area (Å²) in [5.41, 5.74) is 5.75. The van der Waals surface area contributed by atoms with Gasteiger partial charge in [-0.1, -0.05) is 0 Å². The fourth-order valence-corrected chi connectivity index (χ4v) is 1.03. The molecule has 1 aromatic heterocycles. The van der Waals surface area contributed by atoms with Crippen LogP contribution in [-0.2, 0) is 4.79 Å². The van der Waals surface area contributed by atoms with Crippen LogP contribution in [0.3, 0.4) is 0 Å². The molecule has 0 radical (unpaired) electrons. The first kappa shape index (κ1) is 9.15. The largest absolute Gasteiger partial charge is 0.323 e. The van der Waals surface area contributed by atoms with Crippen LogP contribution in [0.2, 0.25) is 0 Å². The van der Waals surface area contributed by atoms with Crippen molar-refractivity contribution in [2.45, 2.75) is 0 Å². The van der Waals surface area contributed by atoms with Crippen molar-refractivity contribution in [3.63, 3.8) is 0 Å². The molecule has 0 aliphatic carbocycles. The number of aromatic nitrogens is 1. The summed E-state index contributed by atoms with van der Waals surface area (Å²) in [5.74, 6) is -0.233. The van der Waals surface area contributed by atoms with Crippen molar-refractivity contribution < 1.29 is 4.79 Å². The van der Waals surface area contributed by atoms with Crippen molar-refractivity contribution in [1.82, 2.24) is 4.98 Å². The van der Waals surface area contributed by atoms with Gasteiger partial charge in [-0.25, -0.2) is 4.98 Å². The molecule has 12 heavy (non-hydrogen) atoms. The van der Waals surface area contributed by atoms with E-state index in [2.05, 4.69) is 26.2 Å². The van der Waals surface area contributed by atoms with Crippen LogP contribution in [0.5, 0.6) is 0 Å². The van der Waals surface area contributed by atoms with Crippen molar-refractivity contribution in [1.29, 1.82) is 0 Å². The Morgan fingerprint density at radius 3 is 3.08 bits per heavy atom. The Morgan fingerprint density at radius 1 is 1.75 bits per heavy atom. The normalized spacial score (nSPS) is 9.50. The molecular formula is C7H8BrN3O. The maximum absolute atomic E-state index is 10.8. The molecule has 0 atom stereocenters. The third-order valence-corrected chi connectivity index (χ3v) is 1.85. The second-order valence-corrected chi connectivity index (χ2v) is 2.85. The second kappa shape index (κ2) is 4.18. The highest BCUT2D eigenvalue weighted by Gasteiger charge is 2.02. The van der Waals surface area contributed by atoms with Crippen LogP contribution in [0, 0.1) is 0 Å². The van der Waals surface area contributed by atoms with Crippen LogP contribution in [-0.4, -0.2) is 17.4 Å². The highest BCUT2D eigenvalue weighted by Crippen LogP contribution is 2.17. The van der Waals surface area contributed by atoms with E-state index in [4.69, 9.17) is 5.73 Å². The van der Waals surface area contributed by atoms with Crippen LogP contribution in [0.1, 0.15) is 0 Å². The van der Waals surface area contributed by atoms with Gasteiger partial charge >= 0.3 is 0 Å². The molecule has 0 aliphatic heterocycles. The summed E-state index contributed by atoms with van der Waals surface area (Å²) in [6, 6.07) is 3.47. The number of rotatable bonds is 2. The summed E-state index contributed by atoms with van der Waals surface area (Å²) in [6.07, 6.45) is 1.63. The number of anilines is 1. The number of pyridine rings is 1. The van der Waals surface area contributed by atoms with Crippen LogP contribution < -0.4 is 11.1 Å². The lowest BCUT2D eigenvalue weighted by molar-refractivity contribution is -0.114. The summed E-state index contributed by atoms with van der Waals surface area (Å²) < 4.78 is 0.604. The average molecular weight is 230 g/mol. The van der Waals surface area contributed by atoms with E-state index >= 15 is 0 Å². The summed E-state index contributed by atoms with van der Waals surface area (Å²) in [4.78, 5) is 14.8. The molecule has 0 unspecified atom stereocenters. The molecule has 1 amide bonds. The molecule has 0 aliphatic rings. The minimum atomic E-state index is -0.233. The molecule has 0 spiro atoms. The van der Waals surface area contributed by atoms with Gasteiger partial charge in [-0.05, 0) is 28.1 Å². The smallest absolute Gasteiger partial charge is 0.238 e. The lowest BCUT2D eigenvalue weighted by atomic mass is 10.4. The van der Waals surface area contributed by atoms with Gasteiger partial charge in [-0.15, -0.1) is 0 Å². The molecule has 0 bridgehead atoms. The first-order valence-electron chi connectivity index (χ1n) is 3.34. The van der Waals surface area contributed by atoms with Crippen molar-refractivity contribution >= 4 is 27.5 Å². The van der Waals surface area contributed by atoms with E-state index in [9.17, 15) is 4.79 Å². The van der Waals surface area contributed by atoms with Crippen molar-refractivity contribution in [2.75, 3.05) is 11.9 Å². The summed E-state index contributed by atoms with van der Waals surface area (Å²) in [5, 5.41) is 2.59. The van der Waals surface area contributed by atoms with Gasteiger partial charge in [0, 0.05) is 6.20 Å². The molecule has 0 saturated heterocycles. The van der Waals surface area contributed by atoms with Gasteiger partial charge in [-0.3, -0.25) is 4.79 Å². The number of hydrogen-bond acceptors (Lipinski definition) is 3. The van der Waals surface area contributed by atoms with Crippen LogP contribution in [0.15, 0.2) is 22.9 Å². The zero-order chi connectivity index (χ0) is 8.97. The Hall–Kier alpha value is -0.940. The number of carbonyl (C=O) groups is 1. The van der Waals surface area contributed by atoms with Gasteiger partial charge in [0.15, 0.2) is 0 Å². The zero-order valence-electron chi connectivity index (χ0n) is 6.25. The van der Waals surface area contributed by atoms with Crippen LogP contribution in [0.25, 0.3) is 0 Å². The molecule has 5 heteroatoms. The van der Waals surface area contributed by atoms with E-state index in [1.165, 1.54) is 0 Å². The quantitative estimate of drug-likeness (QED) is 0.736. The molecule has 1 rings (SSSR count). The van der Waals surface area contributed by atoms with E-state index in [0.29, 0.717) is 10.3 Å². The Bertz CT molecular complexity index is 290. The molecule has 1 aromatic rings. The number of amides is 1. The molecule has 4 nitrogen and oxygen atoms in total. The summed E-state index contributed by atoms with van der Waals surface area (Å²) in [6.45, 7) is -0.0265. The second-order valence-electron chi connectivity index (χ2n) is 2.09. The number of carbonyl (C=O) groups excluding carboxylic acids is 1. The fraction of sp³-hybridized carbons (Fsp3) is 0.143. The van der Waals surface area contributed by atoms with Gasteiger partial charge < -0.3 is 11.1 Å². The first-order chi connectivity index (χ1) is 5.74. The van der Waals surface area contributed by atoms with Crippen molar-refractivity contribution in [2.24, 2.45) is 5.73 Å². The predicted octanol–water partition coefficient (Wildman–Crippen LogP) is 0.741. The summed E-state index contributed by atoms with van der Waals surface area (Å²) in [7, 11) is 0. The van der Waals surface area contributed by atoms with Gasteiger partial charge in [0.05, 0.1) is 12.2 Å². The lowest BCUT2D eigenvalue weighted by Crippen LogP contribution is -2.22. The van der Waals surface area contributed by atoms with E-state index in [1.54, 1.807) is 18.3 Å². The molecule has 3 N–H and O–H groups in total. The predicted molar refractivity (Wildman–Crippen MR) is 49.6 cm³/mol. The van der Waals surface area contributed by atoms with Crippen molar-refractivity contribution in [3.05, 3.63) is 22.9 Å². The maximum atomic E-state index is 10.8. The minimum Gasteiger partial charge on any atom is -0.323 e. The first-order valence-corrected chi connectivity index (χ1v) is 4.14. The van der Waals surface area contributed by atoms with Gasteiger partial charge in [0.25, 0.3) is 0 Å². The molecular weight excluding hydrogens is 222 g/mol. The number of nitrogens with one attached hydrogen (secondary N) is 1. The van der Waals surface area contributed by atoms with Crippen molar-refractivity contribution in [3.8, 4) is 0 Å². The van der Waals surface area contributed by atoms with E-state index in [1.807, 2.05) is 0 Å². The number of hydrogen-bond donors (Lipinski definition) is 2. The lowest BCUT2D eigenvalue weighted by Gasteiger charge is -2.03. The van der Waals surface area contributed by atoms with Crippen LogP contribution in [0.4, 0.5) is 5.69 Å². The van der Waals surface area contributed by atoms with Gasteiger partial charge in [0.1, 0.15) is 4.60 Å². The topological polar surface area (TPSA) is 68.0 Å². The Labute approximate surface area is 78.3 Å². The maximum Gasteiger partial charge on any atom is 0.238 e. The molecule has 0 fully saturated rings. The average Bonchev–Trinajstić information content (AvgIpc) is 2.09. The Balaban J connectivity index is 2.75. The molecule has 0 aromatic carbocycles.